The summed E-state index contributed by atoms with van der Waals surface area (Å²) in [4.78, 5) is 30.8. The van der Waals surface area contributed by atoms with Gasteiger partial charge in [0.05, 0.1) is 15.5 Å². The van der Waals surface area contributed by atoms with Crippen molar-refractivity contribution in [1.29, 1.82) is 0 Å². The third-order valence-corrected chi connectivity index (χ3v) is 3.45. The van der Waals surface area contributed by atoms with Gasteiger partial charge >= 0.3 is 11.7 Å². The van der Waals surface area contributed by atoms with Crippen molar-refractivity contribution in [2.75, 3.05) is 0 Å². The smallest absolute Gasteiger partial charge is 0.321 e. The number of esters is 1. The fourth-order valence-corrected chi connectivity index (χ4v) is 1.99. The van der Waals surface area contributed by atoms with Crippen molar-refractivity contribution in [2.45, 2.75) is 27.4 Å². The Kier molecular flexibility index (Phi) is 4.99. The highest BCUT2D eigenvalue weighted by Gasteiger charge is 2.33. The Hall–Kier alpha value is -2.33. The van der Waals surface area contributed by atoms with E-state index in [0.29, 0.717) is 0 Å². The van der Waals surface area contributed by atoms with Crippen LogP contribution in [0.2, 0.25) is 0 Å². The standard InChI is InChI=1S/C12H15NO8Si/c1-12(2,3)11(17)21-4-5-6(13(18)19)8(15)10(22-20)9(16)7(5)14/h14-16,20H,4H2,1-3H3. The van der Waals surface area contributed by atoms with Gasteiger partial charge in [0, 0.05) is 0 Å². The summed E-state index contributed by atoms with van der Waals surface area (Å²) in [5, 5.41) is 39.7. The molecule has 1 rings (SSSR count). The molecule has 10 heteroatoms. The summed E-state index contributed by atoms with van der Waals surface area (Å²) in [5.41, 5.74) is -2.37. The van der Waals surface area contributed by atoms with Gasteiger partial charge in [0.25, 0.3) is 9.76 Å². The van der Waals surface area contributed by atoms with Crippen LogP contribution in [0.5, 0.6) is 17.2 Å². The third kappa shape index (κ3) is 3.28. The number of nitro groups is 1. The van der Waals surface area contributed by atoms with Crippen LogP contribution in [-0.4, -0.2) is 40.8 Å². The minimum absolute atomic E-state index is 0.556. The highest BCUT2D eigenvalue weighted by Crippen LogP contribution is 2.41. The van der Waals surface area contributed by atoms with Gasteiger partial charge in [-0.2, -0.15) is 0 Å². The van der Waals surface area contributed by atoms with Crippen LogP contribution in [-0.2, 0) is 16.1 Å². The number of ether oxygens (including phenoxy) is 1. The molecule has 1 aromatic carbocycles. The molecule has 2 radical (unpaired) electrons. The molecule has 0 unspecified atom stereocenters. The predicted octanol–water partition coefficient (Wildman–Crippen LogP) is 0.0377. The number of aromatic hydroxyl groups is 3. The van der Waals surface area contributed by atoms with Gasteiger partial charge in [0.15, 0.2) is 17.2 Å². The Labute approximate surface area is 127 Å². The van der Waals surface area contributed by atoms with Crippen LogP contribution in [0.25, 0.3) is 0 Å². The first-order chi connectivity index (χ1) is 10.0. The monoisotopic (exact) mass is 329 g/mol. The number of rotatable bonds is 4. The Morgan fingerprint density at radius 1 is 1.23 bits per heavy atom. The van der Waals surface area contributed by atoms with Gasteiger partial charge in [-0.05, 0) is 20.8 Å². The first-order valence-corrected chi connectivity index (χ1v) is 6.98. The molecule has 1 aromatic rings. The molecule has 4 N–H and O–H groups in total. The van der Waals surface area contributed by atoms with Gasteiger partial charge in [-0.15, -0.1) is 0 Å². The summed E-state index contributed by atoms with van der Waals surface area (Å²) in [5.74, 6) is -3.50. The summed E-state index contributed by atoms with van der Waals surface area (Å²) in [6, 6.07) is 0. The Balaban J connectivity index is 3.35. The second-order valence-corrected chi connectivity index (χ2v) is 6.17. The zero-order valence-electron chi connectivity index (χ0n) is 12.1. The number of hydrogen-bond donors (Lipinski definition) is 4. The van der Waals surface area contributed by atoms with E-state index in [4.69, 9.17) is 9.53 Å². The fourth-order valence-electron chi connectivity index (χ4n) is 1.54. The molecule has 0 atom stereocenters. The van der Waals surface area contributed by atoms with Crippen LogP contribution in [0, 0.1) is 15.5 Å². The van der Waals surface area contributed by atoms with Gasteiger partial charge in [0.1, 0.15) is 12.2 Å². The molecular formula is C12H15NO8Si. The van der Waals surface area contributed by atoms with E-state index in [1.165, 1.54) is 0 Å². The average molecular weight is 329 g/mol. The van der Waals surface area contributed by atoms with Crippen molar-refractivity contribution in [1.82, 2.24) is 0 Å². The van der Waals surface area contributed by atoms with Crippen LogP contribution in [0.1, 0.15) is 26.3 Å². The Morgan fingerprint density at radius 2 is 1.77 bits per heavy atom. The summed E-state index contributed by atoms with van der Waals surface area (Å²) in [6.07, 6.45) is 0. The molecule has 0 heterocycles. The number of hydrogen-bond acceptors (Lipinski definition) is 8. The molecule has 120 valence electrons. The summed E-state index contributed by atoms with van der Waals surface area (Å²) >= 11 is 0. The Bertz CT molecular complexity index is 623. The molecule has 0 aromatic heterocycles. The third-order valence-electron chi connectivity index (χ3n) is 2.75. The molecule has 22 heavy (non-hydrogen) atoms. The highest BCUT2D eigenvalue weighted by atomic mass is 28.2. The van der Waals surface area contributed by atoms with Crippen molar-refractivity contribution in [2.24, 2.45) is 5.41 Å². The van der Waals surface area contributed by atoms with Crippen molar-refractivity contribution in [3.8, 4) is 17.2 Å². The van der Waals surface area contributed by atoms with E-state index in [-0.39, 0.29) is 0 Å². The van der Waals surface area contributed by atoms with Gasteiger partial charge in [-0.25, -0.2) is 0 Å². The van der Waals surface area contributed by atoms with Crippen molar-refractivity contribution < 1.29 is 34.6 Å². The zero-order valence-corrected chi connectivity index (χ0v) is 13.1. The maximum atomic E-state index is 11.7. The number of carbonyl (C=O) groups is 1. The lowest BCUT2D eigenvalue weighted by molar-refractivity contribution is -0.386. The van der Waals surface area contributed by atoms with Gasteiger partial charge in [-0.3, -0.25) is 14.9 Å². The summed E-state index contributed by atoms with van der Waals surface area (Å²) in [7, 11) is -1.17. The molecular weight excluding hydrogens is 314 g/mol. The lowest BCUT2D eigenvalue weighted by Gasteiger charge is -2.17. The fraction of sp³-hybridized carbons (Fsp3) is 0.417. The van der Waals surface area contributed by atoms with Gasteiger partial charge < -0.3 is 24.9 Å². The Morgan fingerprint density at radius 3 is 2.18 bits per heavy atom. The minimum Gasteiger partial charge on any atom is -0.504 e. The number of phenolic OH excluding ortho intramolecular Hbond substituents is 3. The van der Waals surface area contributed by atoms with Crippen molar-refractivity contribution in [3.63, 3.8) is 0 Å². The molecule has 0 aliphatic heterocycles. The lowest BCUT2D eigenvalue weighted by atomic mass is 9.97. The first kappa shape index (κ1) is 17.7. The maximum Gasteiger partial charge on any atom is 0.321 e. The summed E-state index contributed by atoms with van der Waals surface area (Å²) < 4.78 is 4.86. The molecule has 9 nitrogen and oxygen atoms in total. The van der Waals surface area contributed by atoms with E-state index >= 15 is 0 Å². The minimum atomic E-state index is -1.17. The van der Waals surface area contributed by atoms with E-state index in [0.717, 1.165) is 0 Å². The summed E-state index contributed by atoms with van der Waals surface area (Å²) in [6.45, 7) is 3.98. The number of carbonyl (C=O) groups excluding carboxylic acids is 1. The second-order valence-electron chi connectivity index (χ2n) is 5.44. The van der Waals surface area contributed by atoms with Gasteiger partial charge in [-0.1, -0.05) is 0 Å². The lowest BCUT2D eigenvalue weighted by Crippen LogP contribution is -2.23. The van der Waals surface area contributed by atoms with Crippen molar-refractivity contribution in [3.05, 3.63) is 15.7 Å². The van der Waals surface area contributed by atoms with Crippen molar-refractivity contribution >= 4 is 26.6 Å². The first-order valence-electron chi connectivity index (χ1n) is 6.03. The molecule has 0 saturated heterocycles. The number of benzene rings is 1. The molecule has 0 saturated carbocycles. The van der Waals surface area contributed by atoms with Crippen LogP contribution >= 0.6 is 0 Å². The zero-order chi connectivity index (χ0) is 17.2. The van der Waals surface area contributed by atoms with E-state index in [1.54, 1.807) is 20.8 Å². The van der Waals surface area contributed by atoms with E-state index in [1.807, 2.05) is 0 Å². The topological polar surface area (TPSA) is 150 Å². The molecule has 0 amide bonds. The molecule has 0 aliphatic carbocycles. The van der Waals surface area contributed by atoms with Crippen LogP contribution in [0.3, 0.4) is 0 Å². The average Bonchev–Trinajstić information content (AvgIpc) is 2.39. The van der Waals surface area contributed by atoms with Crippen LogP contribution in [0.15, 0.2) is 0 Å². The van der Waals surface area contributed by atoms with Gasteiger partial charge in [0.2, 0.25) is 0 Å². The molecule has 0 fully saturated rings. The van der Waals surface area contributed by atoms with E-state index < -0.39 is 66.4 Å². The molecule has 0 spiro atoms. The van der Waals surface area contributed by atoms with Crippen LogP contribution in [0.4, 0.5) is 5.69 Å². The number of nitro benzene ring substituents is 1. The number of nitrogens with zero attached hydrogens (tertiary/aromatic N) is 1. The predicted molar refractivity (Wildman–Crippen MR) is 74.9 cm³/mol. The van der Waals surface area contributed by atoms with E-state index in [2.05, 4.69) is 0 Å². The SMILES string of the molecule is CC(C)(C)C(=O)OCc1c(O)c(O)c([Si]O)c(O)c1[N+](=O)[O-]. The van der Waals surface area contributed by atoms with Crippen LogP contribution < -0.4 is 5.19 Å². The normalized spacial score (nSPS) is 11.3. The quantitative estimate of drug-likeness (QED) is 0.151. The van der Waals surface area contributed by atoms with E-state index in [9.17, 15) is 30.2 Å². The maximum absolute atomic E-state index is 11.7. The largest absolute Gasteiger partial charge is 0.504 e. The number of phenols is 3. The second kappa shape index (κ2) is 6.20. The molecule has 0 bridgehead atoms. The molecule has 0 aliphatic rings. The highest BCUT2D eigenvalue weighted by molar-refractivity contribution is 6.49.